The van der Waals surface area contributed by atoms with Gasteiger partial charge < -0.3 is 14.2 Å². The zero-order chi connectivity index (χ0) is 16.9. The predicted octanol–water partition coefficient (Wildman–Crippen LogP) is 3.68. The van der Waals surface area contributed by atoms with Gasteiger partial charge in [-0.3, -0.25) is 4.79 Å². The fraction of sp³-hybridized carbons (Fsp3) is 0.278. The van der Waals surface area contributed by atoms with E-state index in [1.165, 1.54) is 36.6 Å². The van der Waals surface area contributed by atoms with Crippen LogP contribution in [0.25, 0.3) is 0 Å². The third-order valence-corrected chi connectivity index (χ3v) is 5.55. The summed E-state index contributed by atoms with van der Waals surface area (Å²) in [5, 5.41) is 1.87. The molecule has 1 aromatic carbocycles. The smallest absolute Gasteiger partial charge is 0.287 e. The molecule has 0 N–H and O–H groups in total. The average molecular weight is 346 g/mol. The summed E-state index contributed by atoms with van der Waals surface area (Å²) in [6.07, 6.45) is 1.84. The number of benzene rings is 1. The van der Waals surface area contributed by atoms with Gasteiger partial charge in [0, 0.05) is 13.2 Å². The Bertz CT molecular complexity index is 845. The van der Waals surface area contributed by atoms with Crippen LogP contribution in [0.15, 0.2) is 47.4 Å². The van der Waals surface area contributed by atoms with Crippen LogP contribution >= 0.6 is 11.3 Å². The van der Waals surface area contributed by atoms with Crippen LogP contribution in [0.5, 0.6) is 5.75 Å². The van der Waals surface area contributed by atoms with Crippen molar-refractivity contribution in [1.29, 1.82) is 0 Å². The summed E-state index contributed by atoms with van der Waals surface area (Å²) in [5.41, 5.74) is -0.412. The molecule has 1 spiro atoms. The number of Topliss-reactive ketones (excluding diaryl/α,β-unsaturated/α-hetero) is 1. The highest BCUT2D eigenvalue weighted by Crippen LogP contribution is 2.54. The Hall–Kier alpha value is -2.02. The number of halogens is 1. The van der Waals surface area contributed by atoms with Crippen LogP contribution in [0.3, 0.4) is 0 Å². The second-order valence-electron chi connectivity index (χ2n) is 5.75. The van der Waals surface area contributed by atoms with Gasteiger partial charge in [-0.25, -0.2) is 4.39 Å². The van der Waals surface area contributed by atoms with Crippen LogP contribution in [0.4, 0.5) is 4.39 Å². The summed E-state index contributed by atoms with van der Waals surface area (Å²) in [4.78, 5) is 14.1. The van der Waals surface area contributed by atoms with E-state index in [9.17, 15) is 9.18 Å². The molecule has 0 saturated carbocycles. The maximum Gasteiger partial charge on any atom is 0.287 e. The van der Waals surface area contributed by atoms with Gasteiger partial charge >= 0.3 is 0 Å². The molecule has 1 aromatic heterocycles. The van der Waals surface area contributed by atoms with Crippen molar-refractivity contribution in [3.63, 3.8) is 0 Å². The minimum Gasteiger partial charge on any atom is -0.452 e. The third kappa shape index (κ3) is 1.76. The van der Waals surface area contributed by atoms with Crippen LogP contribution in [0.1, 0.15) is 22.2 Å². The van der Waals surface area contributed by atoms with Gasteiger partial charge in [-0.05, 0) is 36.1 Å². The molecule has 6 heteroatoms. The van der Waals surface area contributed by atoms with Crippen LogP contribution in [0, 0.1) is 5.82 Å². The molecule has 0 saturated heterocycles. The molecule has 3 heterocycles. The summed E-state index contributed by atoms with van der Waals surface area (Å²) < 4.78 is 31.5. The Labute approximate surface area is 142 Å². The van der Waals surface area contributed by atoms with Crippen molar-refractivity contribution in [3.05, 3.63) is 63.6 Å². The fourth-order valence-electron chi connectivity index (χ4n) is 3.46. The number of thiophene rings is 1. The first-order chi connectivity index (χ1) is 11.5. The molecule has 2 aliphatic rings. The van der Waals surface area contributed by atoms with E-state index < -0.39 is 17.2 Å². The molecular weight excluding hydrogens is 331 g/mol. The van der Waals surface area contributed by atoms with E-state index >= 15 is 0 Å². The summed E-state index contributed by atoms with van der Waals surface area (Å²) in [7, 11) is 1.47. The Morgan fingerprint density at radius 2 is 2.17 bits per heavy atom. The SMILES string of the molecule is CO[C@]1(c2cccs2)Oc2cc(F)ccc2C(=O)[C@]12OCC=C2C. The lowest BCUT2D eigenvalue weighted by Gasteiger charge is -2.48. The van der Waals surface area contributed by atoms with E-state index in [-0.39, 0.29) is 23.7 Å². The largest absolute Gasteiger partial charge is 0.452 e. The second kappa shape index (κ2) is 5.24. The monoisotopic (exact) mass is 346 g/mol. The molecule has 4 rings (SSSR count). The van der Waals surface area contributed by atoms with E-state index in [2.05, 4.69) is 0 Å². The third-order valence-electron chi connectivity index (χ3n) is 4.60. The zero-order valence-corrected chi connectivity index (χ0v) is 14.0. The van der Waals surface area contributed by atoms with Crippen LogP contribution < -0.4 is 4.74 Å². The van der Waals surface area contributed by atoms with Crippen molar-refractivity contribution >= 4 is 17.1 Å². The average Bonchev–Trinajstić information content (AvgIpc) is 3.22. The Morgan fingerprint density at radius 1 is 1.33 bits per heavy atom. The van der Waals surface area contributed by atoms with Gasteiger partial charge in [0.05, 0.1) is 17.0 Å². The lowest BCUT2D eigenvalue weighted by atomic mass is 9.76. The van der Waals surface area contributed by atoms with Crippen LogP contribution in [-0.4, -0.2) is 25.1 Å². The molecule has 0 bridgehead atoms. The van der Waals surface area contributed by atoms with Crippen molar-refractivity contribution in [3.8, 4) is 5.75 Å². The summed E-state index contributed by atoms with van der Waals surface area (Å²) in [5.74, 6) is -2.10. The lowest BCUT2D eigenvalue weighted by Crippen LogP contribution is -2.64. The molecule has 2 aromatic rings. The number of ketones is 1. The number of rotatable bonds is 2. The maximum atomic E-state index is 13.7. The quantitative estimate of drug-likeness (QED) is 0.778. The Kier molecular flexibility index (Phi) is 3.38. The second-order valence-corrected chi connectivity index (χ2v) is 6.70. The standard InChI is InChI=1S/C18H15FO4S/c1-11-7-8-22-17(11)16(20)13-6-5-12(19)10-14(13)23-18(17,21-2)15-4-3-9-24-15/h3-7,9-10H,8H2,1-2H3/t17-,18+/m0/s1. The van der Waals surface area contributed by atoms with E-state index in [1.54, 1.807) is 0 Å². The molecule has 0 unspecified atom stereocenters. The molecular formula is C18H15FO4S. The fourth-order valence-corrected chi connectivity index (χ4v) is 4.34. The first kappa shape index (κ1) is 15.5. The van der Waals surface area contributed by atoms with Crippen molar-refractivity contribution in [2.75, 3.05) is 13.7 Å². The number of fused-ring (bicyclic) bond motifs is 1. The number of carbonyl (C=O) groups excluding carboxylic acids is 1. The number of carbonyl (C=O) groups is 1. The topological polar surface area (TPSA) is 44.8 Å². The first-order valence-electron chi connectivity index (χ1n) is 7.49. The first-order valence-corrected chi connectivity index (χ1v) is 8.37. The molecule has 2 atom stereocenters. The van der Waals surface area contributed by atoms with Gasteiger partial charge in [0.15, 0.2) is 0 Å². The molecule has 0 radical (unpaired) electrons. The maximum absolute atomic E-state index is 13.7. The number of ether oxygens (including phenoxy) is 3. The predicted molar refractivity (Wildman–Crippen MR) is 86.8 cm³/mol. The van der Waals surface area contributed by atoms with Gasteiger partial charge in [0.25, 0.3) is 5.79 Å². The van der Waals surface area contributed by atoms with E-state index in [0.29, 0.717) is 4.88 Å². The normalized spacial score (nSPS) is 28.6. The molecule has 0 aliphatic carbocycles. The molecule has 2 aliphatic heterocycles. The number of hydrogen-bond acceptors (Lipinski definition) is 5. The highest BCUT2D eigenvalue weighted by molar-refractivity contribution is 7.10. The lowest BCUT2D eigenvalue weighted by molar-refractivity contribution is -0.258. The summed E-state index contributed by atoms with van der Waals surface area (Å²) >= 11 is 1.39. The van der Waals surface area contributed by atoms with Crippen LogP contribution in [-0.2, 0) is 15.3 Å². The molecule has 24 heavy (non-hydrogen) atoms. The Balaban J connectivity index is 2.04. The summed E-state index contributed by atoms with van der Waals surface area (Å²) in [6, 6.07) is 7.54. The number of hydrogen-bond donors (Lipinski definition) is 0. The van der Waals surface area contributed by atoms with Gasteiger partial charge in [0.2, 0.25) is 11.4 Å². The van der Waals surface area contributed by atoms with E-state index in [0.717, 1.165) is 5.57 Å². The van der Waals surface area contributed by atoms with E-state index in [4.69, 9.17) is 14.2 Å². The summed E-state index contributed by atoms with van der Waals surface area (Å²) in [6.45, 7) is 2.11. The molecule has 0 amide bonds. The van der Waals surface area contributed by atoms with Crippen molar-refractivity contribution in [2.24, 2.45) is 0 Å². The molecule has 124 valence electrons. The highest BCUT2D eigenvalue weighted by atomic mass is 32.1. The molecule has 4 nitrogen and oxygen atoms in total. The van der Waals surface area contributed by atoms with Gasteiger partial charge in [0.1, 0.15) is 11.6 Å². The van der Waals surface area contributed by atoms with Crippen molar-refractivity contribution in [1.82, 2.24) is 0 Å². The minimum atomic E-state index is -1.49. The van der Waals surface area contributed by atoms with Gasteiger partial charge in [-0.1, -0.05) is 12.1 Å². The molecule has 0 fully saturated rings. The van der Waals surface area contributed by atoms with Gasteiger partial charge in [-0.15, -0.1) is 11.3 Å². The van der Waals surface area contributed by atoms with Gasteiger partial charge in [-0.2, -0.15) is 0 Å². The highest BCUT2D eigenvalue weighted by Gasteiger charge is 2.67. The van der Waals surface area contributed by atoms with Crippen molar-refractivity contribution in [2.45, 2.75) is 18.3 Å². The van der Waals surface area contributed by atoms with Crippen LogP contribution in [0.2, 0.25) is 0 Å². The minimum absolute atomic E-state index is 0.157. The zero-order valence-electron chi connectivity index (χ0n) is 13.2. The van der Waals surface area contributed by atoms with Crippen molar-refractivity contribution < 1.29 is 23.4 Å². The van der Waals surface area contributed by atoms with E-state index in [1.807, 2.05) is 30.5 Å². The number of methoxy groups -OCH3 is 1. The Morgan fingerprint density at radius 3 is 2.79 bits per heavy atom.